The molecule has 0 aliphatic carbocycles. The van der Waals surface area contributed by atoms with Crippen molar-refractivity contribution in [1.82, 2.24) is 14.8 Å². The summed E-state index contributed by atoms with van der Waals surface area (Å²) in [5.41, 5.74) is 4.51. The number of thioether (sulfide) groups is 1. The largest absolute Gasteiger partial charge is 0.392 e. The molecule has 2 aromatic carbocycles. The maximum Gasteiger partial charge on any atom is 0.196 e. The fourth-order valence-electron chi connectivity index (χ4n) is 4.22. The van der Waals surface area contributed by atoms with Crippen LogP contribution in [0, 0.1) is 5.92 Å². The molecule has 3 rings (SSSR count). The van der Waals surface area contributed by atoms with Gasteiger partial charge in [-0.1, -0.05) is 69.6 Å². The monoisotopic (exact) mass is 466 g/mol. The lowest BCUT2D eigenvalue weighted by molar-refractivity contribution is 0.282. The molecule has 1 N–H and O–H groups in total. The third-order valence-corrected chi connectivity index (χ3v) is 7.52. The summed E-state index contributed by atoms with van der Waals surface area (Å²) >= 11 is 1.82. The van der Waals surface area contributed by atoms with Gasteiger partial charge in [0.2, 0.25) is 0 Å². The molecule has 6 heteroatoms. The Kier molecular flexibility index (Phi) is 9.39. The SMILES string of the molecule is CCCc1nnc(SC(c2ccc(CO)cc2)C(CC)CCC)n1-c1ccc(N(C)C)cc1. The number of nitrogens with zero attached hydrogens (tertiary/aromatic N) is 4. The van der Waals surface area contributed by atoms with Crippen molar-refractivity contribution in [2.24, 2.45) is 5.92 Å². The molecule has 178 valence electrons. The number of aryl methyl sites for hydroxylation is 1. The van der Waals surface area contributed by atoms with Crippen LogP contribution in [-0.4, -0.2) is 34.0 Å². The zero-order valence-corrected chi connectivity index (χ0v) is 21.5. The van der Waals surface area contributed by atoms with Crippen LogP contribution >= 0.6 is 11.8 Å². The summed E-state index contributed by atoms with van der Waals surface area (Å²) in [5, 5.41) is 20.0. The molecule has 0 saturated heterocycles. The summed E-state index contributed by atoms with van der Waals surface area (Å²) in [5.74, 6) is 1.55. The van der Waals surface area contributed by atoms with Gasteiger partial charge in [0.1, 0.15) is 5.82 Å². The second-order valence-corrected chi connectivity index (χ2v) is 9.90. The number of aliphatic hydroxyl groups excluding tert-OH is 1. The molecule has 0 bridgehead atoms. The molecular weight excluding hydrogens is 428 g/mol. The quantitative estimate of drug-likeness (QED) is 0.311. The Hall–Kier alpha value is -2.31. The first-order chi connectivity index (χ1) is 16.0. The number of aliphatic hydroxyl groups is 1. The van der Waals surface area contributed by atoms with Crippen molar-refractivity contribution in [3.63, 3.8) is 0 Å². The molecule has 0 aliphatic rings. The second kappa shape index (κ2) is 12.2. The Morgan fingerprint density at radius 2 is 1.64 bits per heavy atom. The van der Waals surface area contributed by atoms with Gasteiger partial charge < -0.3 is 10.0 Å². The molecule has 0 spiro atoms. The van der Waals surface area contributed by atoms with Crippen LogP contribution in [0.2, 0.25) is 0 Å². The van der Waals surface area contributed by atoms with E-state index in [-0.39, 0.29) is 11.9 Å². The van der Waals surface area contributed by atoms with Gasteiger partial charge in [0.15, 0.2) is 5.16 Å². The fraction of sp³-hybridized carbons (Fsp3) is 0.481. The van der Waals surface area contributed by atoms with Crippen LogP contribution in [-0.2, 0) is 13.0 Å². The molecule has 0 amide bonds. The van der Waals surface area contributed by atoms with E-state index in [4.69, 9.17) is 0 Å². The lowest BCUT2D eigenvalue weighted by Gasteiger charge is -2.26. The van der Waals surface area contributed by atoms with E-state index in [1.54, 1.807) is 0 Å². The van der Waals surface area contributed by atoms with Gasteiger partial charge in [-0.15, -0.1) is 10.2 Å². The van der Waals surface area contributed by atoms with Crippen molar-refractivity contribution in [1.29, 1.82) is 0 Å². The third-order valence-electron chi connectivity index (χ3n) is 6.13. The minimum atomic E-state index is 0.0713. The zero-order valence-electron chi connectivity index (χ0n) is 20.7. The van der Waals surface area contributed by atoms with Gasteiger partial charge in [-0.25, -0.2) is 0 Å². The standard InChI is InChI=1S/C27H38N4OS/c1-6-9-21(8-3)26(22-13-11-20(19-32)12-14-22)33-27-29-28-25(10-7-2)31(27)24-17-15-23(16-18-24)30(4)5/h11-18,21,26,32H,6-10,19H2,1-5H3. The Labute approximate surface area is 203 Å². The van der Waals surface area contributed by atoms with Crippen molar-refractivity contribution in [3.8, 4) is 5.69 Å². The highest BCUT2D eigenvalue weighted by Crippen LogP contribution is 2.44. The Morgan fingerprint density at radius 3 is 2.18 bits per heavy atom. The smallest absolute Gasteiger partial charge is 0.196 e. The molecule has 0 saturated carbocycles. The lowest BCUT2D eigenvalue weighted by atomic mass is 9.92. The van der Waals surface area contributed by atoms with Gasteiger partial charge in [-0.3, -0.25) is 4.57 Å². The highest BCUT2D eigenvalue weighted by molar-refractivity contribution is 7.99. The molecule has 1 aromatic heterocycles. The molecule has 0 radical (unpaired) electrons. The van der Waals surface area contributed by atoms with Crippen molar-refractivity contribution < 1.29 is 5.11 Å². The Bertz CT molecular complexity index is 982. The third kappa shape index (κ3) is 6.18. The molecule has 5 nitrogen and oxygen atoms in total. The van der Waals surface area contributed by atoms with Crippen molar-refractivity contribution in [3.05, 3.63) is 65.5 Å². The van der Waals surface area contributed by atoms with Crippen LogP contribution < -0.4 is 4.90 Å². The van der Waals surface area contributed by atoms with E-state index < -0.39 is 0 Å². The first kappa shape index (κ1) is 25.3. The molecule has 1 heterocycles. The summed E-state index contributed by atoms with van der Waals surface area (Å²) in [4.78, 5) is 2.11. The van der Waals surface area contributed by atoms with Crippen LogP contribution in [0.15, 0.2) is 53.7 Å². The average Bonchev–Trinajstić information content (AvgIpc) is 3.23. The molecule has 3 aromatic rings. The number of hydrogen-bond acceptors (Lipinski definition) is 5. The number of benzene rings is 2. The van der Waals surface area contributed by atoms with Gasteiger partial charge in [-0.05, 0) is 54.2 Å². The van der Waals surface area contributed by atoms with E-state index in [1.807, 2.05) is 23.9 Å². The van der Waals surface area contributed by atoms with Crippen LogP contribution in [0.5, 0.6) is 0 Å². The predicted octanol–water partition coefficient (Wildman–Crippen LogP) is 6.44. The van der Waals surface area contributed by atoms with Crippen LogP contribution in [0.1, 0.15) is 68.7 Å². The van der Waals surface area contributed by atoms with Crippen molar-refractivity contribution in [2.75, 3.05) is 19.0 Å². The first-order valence-corrected chi connectivity index (χ1v) is 13.0. The second-order valence-electron chi connectivity index (χ2n) is 8.79. The summed E-state index contributed by atoms with van der Waals surface area (Å²) in [6.07, 6.45) is 5.36. The fourth-order valence-corrected chi connectivity index (χ4v) is 5.67. The highest BCUT2D eigenvalue weighted by Gasteiger charge is 2.26. The van der Waals surface area contributed by atoms with E-state index in [1.165, 1.54) is 17.7 Å². The summed E-state index contributed by atoms with van der Waals surface area (Å²) in [7, 11) is 4.12. The summed E-state index contributed by atoms with van der Waals surface area (Å²) in [6.45, 7) is 6.79. The predicted molar refractivity (Wildman–Crippen MR) is 139 cm³/mol. The van der Waals surface area contributed by atoms with E-state index >= 15 is 0 Å². The maximum atomic E-state index is 9.48. The van der Waals surface area contributed by atoms with Crippen LogP contribution in [0.25, 0.3) is 5.69 Å². The lowest BCUT2D eigenvalue weighted by Crippen LogP contribution is -2.12. The zero-order chi connectivity index (χ0) is 23.8. The van der Waals surface area contributed by atoms with E-state index in [0.717, 1.165) is 47.9 Å². The minimum Gasteiger partial charge on any atom is -0.392 e. The molecule has 2 atom stereocenters. The van der Waals surface area contributed by atoms with E-state index in [0.29, 0.717) is 5.92 Å². The van der Waals surface area contributed by atoms with Gasteiger partial charge in [-0.2, -0.15) is 0 Å². The normalized spacial score (nSPS) is 13.2. The number of hydrogen-bond donors (Lipinski definition) is 1. The van der Waals surface area contributed by atoms with Gasteiger partial charge in [0, 0.05) is 37.1 Å². The van der Waals surface area contributed by atoms with Gasteiger partial charge in [0.05, 0.1) is 6.61 Å². The molecule has 0 fully saturated rings. The molecule has 2 unspecified atom stereocenters. The van der Waals surface area contributed by atoms with Gasteiger partial charge in [0.25, 0.3) is 0 Å². The maximum absolute atomic E-state index is 9.48. The van der Waals surface area contributed by atoms with Crippen LogP contribution in [0.4, 0.5) is 5.69 Å². The van der Waals surface area contributed by atoms with Crippen LogP contribution in [0.3, 0.4) is 0 Å². The summed E-state index contributed by atoms with van der Waals surface area (Å²) < 4.78 is 2.24. The Morgan fingerprint density at radius 1 is 0.939 bits per heavy atom. The number of rotatable bonds is 12. The summed E-state index contributed by atoms with van der Waals surface area (Å²) in [6, 6.07) is 17.0. The molecule has 0 aliphatic heterocycles. The van der Waals surface area contributed by atoms with Crippen molar-refractivity contribution in [2.45, 2.75) is 69.9 Å². The Balaban J connectivity index is 2.02. The number of anilines is 1. The topological polar surface area (TPSA) is 54.2 Å². The molecular formula is C27H38N4OS. The van der Waals surface area contributed by atoms with Crippen molar-refractivity contribution >= 4 is 17.4 Å². The van der Waals surface area contributed by atoms with Gasteiger partial charge >= 0.3 is 0 Å². The number of aromatic nitrogens is 3. The highest BCUT2D eigenvalue weighted by atomic mass is 32.2. The minimum absolute atomic E-state index is 0.0713. The van der Waals surface area contributed by atoms with E-state index in [9.17, 15) is 5.11 Å². The van der Waals surface area contributed by atoms with E-state index in [2.05, 4.69) is 90.9 Å². The molecule has 33 heavy (non-hydrogen) atoms. The average molecular weight is 467 g/mol. The first-order valence-electron chi connectivity index (χ1n) is 12.1.